The van der Waals surface area contributed by atoms with Crippen LogP contribution in [0.3, 0.4) is 0 Å². The fourth-order valence-corrected chi connectivity index (χ4v) is 1.33. The van der Waals surface area contributed by atoms with E-state index in [2.05, 4.69) is 4.99 Å². The highest BCUT2D eigenvalue weighted by molar-refractivity contribution is 8.11. The first-order chi connectivity index (χ1) is 5.43. The summed E-state index contributed by atoms with van der Waals surface area (Å²) < 4.78 is 5.30. The molecule has 11 heavy (non-hydrogen) atoms. The van der Waals surface area contributed by atoms with Gasteiger partial charge in [0.15, 0.2) is 0 Å². The number of aliphatic imine (C=N–C) groups is 1. The van der Waals surface area contributed by atoms with Gasteiger partial charge in [-0.2, -0.15) is 0 Å². The van der Waals surface area contributed by atoms with Crippen LogP contribution in [0.1, 0.15) is 25.7 Å². The van der Waals surface area contributed by atoms with Gasteiger partial charge in [0.2, 0.25) is 0 Å². The van der Waals surface area contributed by atoms with Crippen LogP contribution in [0.2, 0.25) is 0 Å². The molecule has 0 aromatic heterocycles. The maximum Gasteiger partial charge on any atom is 0.261 e. The van der Waals surface area contributed by atoms with Crippen LogP contribution in [0.15, 0.2) is 4.99 Å². The van der Waals surface area contributed by atoms with Crippen LogP contribution < -0.4 is 5.14 Å². The van der Waals surface area contributed by atoms with Crippen molar-refractivity contribution in [2.75, 3.05) is 13.2 Å². The second-order valence-corrected chi connectivity index (χ2v) is 3.11. The molecule has 0 aromatic carbocycles. The van der Waals surface area contributed by atoms with Crippen LogP contribution in [-0.4, -0.2) is 18.4 Å². The van der Waals surface area contributed by atoms with Crippen molar-refractivity contribution in [2.45, 2.75) is 25.7 Å². The number of rotatable bonds is 0. The number of ether oxygens (including phenoxy) is 1. The number of nitrogens with zero attached hydrogens (tertiary/aromatic N) is 1. The van der Waals surface area contributed by atoms with Gasteiger partial charge < -0.3 is 4.74 Å². The minimum absolute atomic E-state index is 0.645. The van der Waals surface area contributed by atoms with Crippen molar-refractivity contribution >= 4 is 17.2 Å². The summed E-state index contributed by atoms with van der Waals surface area (Å²) in [6.07, 6.45) is 4.79. The molecule has 0 fully saturated rings. The first-order valence-electron chi connectivity index (χ1n) is 3.97. The molecule has 1 aliphatic rings. The van der Waals surface area contributed by atoms with Crippen LogP contribution in [-0.2, 0) is 4.74 Å². The summed E-state index contributed by atoms with van der Waals surface area (Å²) >= 11 is 1.11. The average Bonchev–Trinajstić information content (AvgIpc) is 2.16. The Labute approximate surface area is 71.5 Å². The lowest BCUT2D eigenvalue weighted by atomic mass is 10.2. The van der Waals surface area contributed by atoms with E-state index in [1.807, 2.05) is 0 Å². The third-order valence-corrected chi connectivity index (χ3v) is 2.07. The highest BCUT2D eigenvalue weighted by atomic mass is 32.2. The van der Waals surface area contributed by atoms with E-state index in [1.54, 1.807) is 0 Å². The van der Waals surface area contributed by atoms with Gasteiger partial charge in [-0.25, -0.2) is 4.99 Å². The molecular formula is C7H14N2OS. The van der Waals surface area contributed by atoms with Crippen LogP contribution in [0, 0.1) is 0 Å². The van der Waals surface area contributed by atoms with Gasteiger partial charge in [-0.3, -0.25) is 5.14 Å². The molecule has 0 aliphatic carbocycles. The zero-order valence-electron chi connectivity index (χ0n) is 6.58. The van der Waals surface area contributed by atoms with Gasteiger partial charge >= 0.3 is 0 Å². The summed E-state index contributed by atoms with van der Waals surface area (Å²) in [5.41, 5.74) is 0. The standard InChI is InChI=1S/C7H14N2OS/c8-11-7-9-5-3-1-2-4-6-10-7/h1-6,8H2/b9-7+. The van der Waals surface area contributed by atoms with Gasteiger partial charge in [0.05, 0.1) is 6.61 Å². The fourth-order valence-electron chi connectivity index (χ4n) is 1.01. The van der Waals surface area contributed by atoms with E-state index in [-0.39, 0.29) is 0 Å². The Bertz CT molecular complexity index is 138. The average molecular weight is 174 g/mol. The van der Waals surface area contributed by atoms with Gasteiger partial charge in [0, 0.05) is 18.5 Å². The summed E-state index contributed by atoms with van der Waals surface area (Å²) in [4.78, 5) is 4.19. The summed E-state index contributed by atoms with van der Waals surface area (Å²) in [5, 5.41) is 5.98. The molecule has 0 bridgehead atoms. The quantitative estimate of drug-likeness (QED) is 0.567. The van der Waals surface area contributed by atoms with Crippen molar-refractivity contribution in [3.05, 3.63) is 0 Å². The van der Waals surface area contributed by atoms with Gasteiger partial charge in [-0.05, 0) is 19.3 Å². The number of hydrogen-bond acceptors (Lipinski definition) is 4. The van der Waals surface area contributed by atoms with E-state index in [1.165, 1.54) is 12.8 Å². The summed E-state index contributed by atoms with van der Waals surface area (Å²) in [6.45, 7) is 1.63. The predicted molar refractivity (Wildman–Crippen MR) is 48.5 cm³/mol. The normalized spacial score (nSPS) is 25.4. The van der Waals surface area contributed by atoms with Crippen molar-refractivity contribution in [2.24, 2.45) is 10.1 Å². The van der Waals surface area contributed by atoms with Crippen LogP contribution in [0.4, 0.5) is 0 Å². The Balaban J connectivity index is 2.34. The van der Waals surface area contributed by atoms with Crippen LogP contribution in [0.25, 0.3) is 0 Å². The first-order valence-corrected chi connectivity index (χ1v) is 4.85. The smallest absolute Gasteiger partial charge is 0.261 e. The third-order valence-electron chi connectivity index (χ3n) is 1.62. The highest BCUT2D eigenvalue weighted by Gasteiger charge is 2.00. The van der Waals surface area contributed by atoms with Crippen molar-refractivity contribution in [1.29, 1.82) is 0 Å². The Morgan fingerprint density at radius 3 is 2.91 bits per heavy atom. The lowest BCUT2D eigenvalue weighted by Gasteiger charge is -2.03. The Kier molecular flexibility index (Phi) is 4.38. The van der Waals surface area contributed by atoms with Gasteiger partial charge in [0.25, 0.3) is 5.23 Å². The summed E-state index contributed by atoms with van der Waals surface area (Å²) in [5.74, 6) is 0. The topological polar surface area (TPSA) is 47.6 Å². The molecule has 2 N–H and O–H groups in total. The fraction of sp³-hybridized carbons (Fsp3) is 0.857. The molecule has 0 radical (unpaired) electrons. The molecule has 0 amide bonds. The van der Waals surface area contributed by atoms with Crippen molar-refractivity contribution in [1.82, 2.24) is 0 Å². The molecule has 1 heterocycles. The SMILES string of the molecule is NS/C1=N/CCCCCCO1. The van der Waals surface area contributed by atoms with E-state index in [9.17, 15) is 0 Å². The minimum Gasteiger partial charge on any atom is -0.472 e. The zero-order valence-corrected chi connectivity index (χ0v) is 7.40. The largest absolute Gasteiger partial charge is 0.472 e. The lowest BCUT2D eigenvalue weighted by molar-refractivity contribution is 0.304. The molecule has 0 atom stereocenters. The molecule has 1 rings (SSSR count). The maximum atomic E-state index is 5.34. The predicted octanol–water partition coefficient (Wildman–Crippen LogP) is 1.54. The number of nitrogens with two attached hydrogens (primary N) is 1. The molecule has 3 nitrogen and oxygen atoms in total. The molecular weight excluding hydrogens is 160 g/mol. The zero-order chi connectivity index (χ0) is 7.94. The van der Waals surface area contributed by atoms with E-state index in [0.29, 0.717) is 5.23 Å². The maximum absolute atomic E-state index is 5.34. The molecule has 1 aliphatic heterocycles. The first kappa shape index (κ1) is 8.87. The monoisotopic (exact) mass is 174 g/mol. The minimum atomic E-state index is 0.645. The third kappa shape index (κ3) is 3.62. The molecule has 64 valence electrons. The Morgan fingerprint density at radius 1 is 1.27 bits per heavy atom. The molecule has 0 saturated carbocycles. The molecule has 0 unspecified atom stereocenters. The summed E-state index contributed by atoms with van der Waals surface area (Å²) in [7, 11) is 0. The molecule has 0 saturated heterocycles. The van der Waals surface area contributed by atoms with E-state index >= 15 is 0 Å². The Morgan fingerprint density at radius 2 is 2.09 bits per heavy atom. The lowest BCUT2D eigenvalue weighted by Crippen LogP contribution is -2.04. The molecule has 0 spiro atoms. The Hall–Kier alpha value is -0.220. The van der Waals surface area contributed by atoms with Gasteiger partial charge in [0.1, 0.15) is 0 Å². The van der Waals surface area contributed by atoms with Crippen LogP contribution in [0.5, 0.6) is 0 Å². The van der Waals surface area contributed by atoms with E-state index < -0.39 is 0 Å². The van der Waals surface area contributed by atoms with Crippen LogP contribution >= 0.6 is 11.9 Å². The van der Waals surface area contributed by atoms with Crippen molar-refractivity contribution in [3.63, 3.8) is 0 Å². The number of hydrogen-bond donors (Lipinski definition) is 1. The second-order valence-electron chi connectivity index (χ2n) is 2.53. The van der Waals surface area contributed by atoms with Crippen molar-refractivity contribution < 1.29 is 4.74 Å². The van der Waals surface area contributed by atoms with E-state index in [0.717, 1.165) is 37.9 Å². The van der Waals surface area contributed by atoms with E-state index in [4.69, 9.17) is 9.88 Å². The van der Waals surface area contributed by atoms with Crippen molar-refractivity contribution in [3.8, 4) is 0 Å². The molecule has 0 aromatic rings. The highest BCUT2D eigenvalue weighted by Crippen LogP contribution is 2.06. The second kappa shape index (κ2) is 5.43. The molecule has 4 heteroatoms. The van der Waals surface area contributed by atoms with Gasteiger partial charge in [-0.1, -0.05) is 6.42 Å². The summed E-state index contributed by atoms with van der Waals surface area (Å²) in [6, 6.07) is 0. The van der Waals surface area contributed by atoms with Gasteiger partial charge in [-0.15, -0.1) is 0 Å².